The molecular weight excluding hydrogens is 350 g/mol. The summed E-state index contributed by atoms with van der Waals surface area (Å²) >= 11 is 0. The zero-order chi connectivity index (χ0) is 19.4. The molecule has 1 aromatic heterocycles. The zero-order valence-corrected chi connectivity index (χ0v) is 16.8. The number of aromatic nitrogens is 2. The summed E-state index contributed by atoms with van der Waals surface area (Å²) in [4.78, 5) is 15.2. The third kappa shape index (κ3) is 4.46. The van der Waals surface area contributed by atoms with Gasteiger partial charge in [-0.3, -0.25) is 9.48 Å². The van der Waals surface area contributed by atoms with E-state index in [9.17, 15) is 4.79 Å². The minimum atomic E-state index is 0.166. The fourth-order valence-electron chi connectivity index (χ4n) is 4.94. The van der Waals surface area contributed by atoms with E-state index in [2.05, 4.69) is 22.1 Å². The van der Waals surface area contributed by atoms with Crippen LogP contribution in [0, 0.1) is 12.3 Å². The quantitative estimate of drug-likeness (QED) is 0.761. The Labute approximate surface area is 167 Å². The van der Waals surface area contributed by atoms with Crippen molar-refractivity contribution < 1.29 is 9.53 Å². The SMILES string of the molecule is Cc1cnn(CC(=O)N2CC3(CCCCC3)CC2COCc2ccccc2)c1. The van der Waals surface area contributed by atoms with Gasteiger partial charge in [-0.05, 0) is 42.7 Å². The van der Waals surface area contributed by atoms with Crippen LogP contribution < -0.4 is 0 Å². The Hall–Kier alpha value is -2.14. The molecule has 5 nitrogen and oxygen atoms in total. The van der Waals surface area contributed by atoms with Gasteiger partial charge in [0.1, 0.15) is 6.54 Å². The smallest absolute Gasteiger partial charge is 0.244 e. The van der Waals surface area contributed by atoms with Gasteiger partial charge in [0.05, 0.1) is 25.5 Å². The number of carbonyl (C=O) groups is 1. The van der Waals surface area contributed by atoms with E-state index < -0.39 is 0 Å². The topological polar surface area (TPSA) is 47.4 Å². The minimum Gasteiger partial charge on any atom is -0.375 e. The lowest BCUT2D eigenvalue weighted by Crippen LogP contribution is -2.41. The van der Waals surface area contributed by atoms with Crippen molar-refractivity contribution in [3.05, 3.63) is 53.9 Å². The van der Waals surface area contributed by atoms with E-state index >= 15 is 0 Å². The molecule has 1 aliphatic carbocycles. The second-order valence-electron chi connectivity index (χ2n) is 8.66. The van der Waals surface area contributed by atoms with Crippen LogP contribution in [0.2, 0.25) is 0 Å². The van der Waals surface area contributed by atoms with E-state index in [4.69, 9.17) is 4.74 Å². The van der Waals surface area contributed by atoms with Gasteiger partial charge in [0.25, 0.3) is 0 Å². The van der Waals surface area contributed by atoms with Crippen molar-refractivity contribution in [3.63, 3.8) is 0 Å². The third-order valence-corrected chi connectivity index (χ3v) is 6.33. The molecule has 0 N–H and O–H groups in total. The molecule has 1 saturated carbocycles. The molecule has 1 atom stereocenters. The van der Waals surface area contributed by atoms with Crippen LogP contribution in [-0.4, -0.2) is 39.8 Å². The van der Waals surface area contributed by atoms with E-state index in [1.54, 1.807) is 10.9 Å². The summed E-state index contributed by atoms with van der Waals surface area (Å²) in [6.07, 6.45) is 11.2. The number of aryl methyl sites for hydroxylation is 1. The Kier molecular flexibility index (Phi) is 5.81. The van der Waals surface area contributed by atoms with Gasteiger partial charge in [0, 0.05) is 12.7 Å². The van der Waals surface area contributed by atoms with Crippen LogP contribution in [0.25, 0.3) is 0 Å². The number of likely N-dealkylation sites (tertiary alicyclic amines) is 1. The van der Waals surface area contributed by atoms with E-state index in [0.29, 0.717) is 25.2 Å². The molecule has 1 unspecified atom stereocenters. The van der Waals surface area contributed by atoms with Crippen LogP contribution in [-0.2, 0) is 22.7 Å². The summed E-state index contributed by atoms with van der Waals surface area (Å²) in [7, 11) is 0. The fraction of sp³-hybridized carbons (Fsp3) is 0.565. The van der Waals surface area contributed by atoms with Gasteiger partial charge >= 0.3 is 0 Å². The molecule has 1 saturated heterocycles. The summed E-state index contributed by atoms with van der Waals surface area (Å²) in [6, 6.07) is 10.4. The van der Waals surface area contributed by atoms with Crippen LogP contribution in [0.1, 0.15) is 49.7 Å². The maximum absolute atomic E-state index is 13.1. The van der Waals surface area contributed by atoms with E-state index in [-0.39, 0.29) is 11.9 Å². The Balaban J connectivity index is 1.42. The summed E-state index contributed by atoms with van der Waals surface area (Å²) in [5.74, 6) is 0.166. The lowest BCUT2D eigenvalue weighted by atomic mass is 9.73. The molecule has 2 fully saturated rings. The van der Waals surface area contributed by atoms with Crippen LogP contribution in [0.3, 0.4) is 0 Å². The Morgan fingerprint density at radius 1 is 1.21 bits per heavy atom. The summed E-state index contributed by atoms with van der Waals surface area (Å²) in [5, 5.41) is 4.30. The molecule has 2 heterocycles. The van der Waals surface area contributed by atoms with E-state index in [0.717, 1.165) is 18.5 Å². The van der Waals surface area contributed by atoms with Crippen LogP contribution in [0.5, 0.6) is 0 Å². The van der Waals surface area contributed by atoms with Gasteiger partial charge < -0.3 is 9.64 Å². The van der Waals surface area contributed by atoms with Crippen LogP contribution in [0.15, 0.2) is 42.7 Å². The highest BCUT2D eigenvalue weighted by atomic mass is 16.5. The second kappa shape index (κ2) is 8.48. The number of rotatable bonds is 6. The number of ether oxygens (including phenoxy) is 1. The predicted molar refractivity (Wildman–Crippen MR) is 109 cm³/mol. The highest BCUT2D eigenvalue weighted by Crippen LogP contribution is 2.46. The maximum Gasteiger partial charge on any atom is 0.244 e. The van der Waals surface area contributed by atoms with Crippen molar-refractivity contribution in [2.75, 3.05) is 13.2 Å². The van der Waals surface area contributed by atoms with Crippen molar-refractivity contribution in [1.82, 2.24) is 14.7 Å². The van der Waals surface area contributed by atoms with Gasteiger partial charge in [-0.1, -0.05) is 49.6 Å². The molecule has 5 heteroatoms. The molecule has 1 amide bonds. The third-order valence-electron chi connectivity index (χ3n) is 6.33. The molecule has 4 rings (SSSR count). The van der Waals surface area contributed by atoms with Crippen molar-refractivity contribution in [1.29, 1.82) is 0 Å². The first-order valence-electron chi connectivity index (χ1n) is 10.5. The average Bonchev–Trinajstić information content (AvgIpc) is 3.27. The Morgan fingerprint density at radius 3 is 2.71 bits per heavy atom. The van der Waals surface area contributed by atoms with Gasteiger partial charge in [0.15, 0.2) is 0 Å². The first kappa shape index (κ1) is 19.2. The fourth-order valence-corrected chi connectivity index (χ4v) is 4.94. The molecule has 28 heavy (non-hydrogen) atoms. The van der Waals surface area contributed by atoms with Crippen molar-refractivity contribution in [3.8, 4) is 0 Å². The number of amides is 1. The highest BCUT2D eigenvalue weighted by molar-refractivity contribution is 5.76. The lowest BCUT2D eigenvalue weighted by molar-refractivity contribution is -0.134. The number of hydrogen-bond acceptors (Lipinski definition) is 3. The monoisotopic (exact) mass is 381 g/mol. The first-order valence-corrected chi connectivity index (χ1v) is 10.5. The Morgan fingerprint density at radius 2 is 2.00 bits per heavy atom. The predicted octanol–water partition coefficient (Wildman–Crippen LogP) is 3.96. The molecule has 2 aliphatic rings. The normalized spacial score (nSPS) is 21.3. The molecule has 1 aromatic carbocycles. The van der Waals surface area contributed by atoms with Gasteiger partial charge in [-0.25, -0.2) is 0 Å². The molecule has 1 aliphatic heterocycles. The molecule has 150 valence electrons. The maximum atomic E-state index is 13.1. The first-order chi connectivity index (χ1) is 13.6. The number of carbonyl (C=O) groups excluding carboxylic acids is 1. The van der Waals surface area contributed by atoms with E-state index in [1.807, 2.05) is 31.3 Å². The summed E-state index contributed by atoms with van der Waals surface area (Å²) in [5.41, 5.74) is 2.56. The van der Waals surface area contributed by atoms with E-state index in [1.165, 1.54) is 37.7 Å². The van der Waals surface area contributed by atoms with Crippen molar-refractivity contribution in [2.24, 2.45) is 5.41 Å². The Bertz CT molecular complexity index is 780. The van der Waals surface area contributed by atoms with Crippen molar-refractivity contribution in [2.45, 2.75) is 64.6 Å². The zero-order valence-electron chi connectivity index (χ0n) is 16.8. The summed E-state index contributed by atoms with van der Waals surface area (Å²) < 4.78 is 7.81. The van der Waals surface area contributed by atoms with Crippen LogP contribution in [0.4, 0.5) is 0 Å². The second-order valence-corrected chi connectivity index (χ2v) is 8.66. The molecule has 0 bridgehead atoms. The number of nitrogens with zero attached hydrogens (tertiary/aromatic N) is 3. The van der Waals surface area contributed by atoms with Gasteiger partial charge in [0.2, 0.25) is 5.91 Å². The minimum absolute atomic E-state index is 0.166. The van der Waals surface area contributed by atoms with Gasteiger partial charge in [-0.15, -0.1) is 0 Å². The number of benzene rings is 1. The highest BCUT2D eigenvalue weighted by Gasteiger charge is 2.46. The lowest BCUT2D eigenvalue weighted by Gasteiger charge is -2.33. The van der Waals surface area contributed by atoms with Crippen molar-refractivity contribution >= 4 is 5.91 Å². The van der Waals surface area contributed by atoms with Gasteiger partial charge in [-0.2, -0.15) is 5.10 Å². The molecule has 1 spiro atoms. The summed E-state index contributed by atoms with van der Waals surface area (Å²) in [6.45, 7) is 4.41. The standard InChI is InChI=1S/C23H31N3O2/c1-19-13-24-25(14-19)15-22(27)26-18-23(10-6-3-7-11-23)12-21(26)17-28-16-20-8-4-2-5-9-20/h2,4-5,8-9,13-14,21H,3,6-7,10-12,15-18H2,1H3. The average molecular weight is 382 g/mol. The number of hydrogen-bond donors (Lipinski definition) is 0. The molecular formula is C23H31N3O2. The molecule has 2 aromatic rings. The molecule has 0 radical (unpaired) electrons. The van der Waals surface area contributed by atoms with Crippen LogP contribution >= 0.6 is 0 Å². The largest absolute Gasteiger partial charge is 0.375 e.